The Hall–Kier alpha value is -5.49. The normalized spacial score (nSPS) is 12.1. The van der Waals surface area contributed by atoms with Crippen LogP contribution in [-0.4, -0.2) is 31.0 Å². The quantitative estimate of drug-likeness (QED) is 0.148. The van der Waals surface area contributed by atoms with Gasteiger partial charge in [0.15, 0.2) is 0 Å². The molecule has 4 aromatic carbocycles. The van der Waals surface area contributed by atoms with Crippen LogP contribution in [0.25, 0.3) is 43.6 Å². The highest BCUT2D eigenvalue weighted by molar-refractivity contribution is 6.05. The van der Waals surface area contributed by atoms with Crippen molar-refractivity contribution >= 4 is 49.6 Å². The Kier molecular flexibility index (Phi) is 6.36. The third-order valence-electron chi connectivity index (χ3n) is 8.11. The number of H-pyrrole nitrogens is 4. The Bertz CT molecular complexity index is 2160. The van der Waals surface area contributed by atoms with Gasteiger partial charge in [-0.15, -0.1) is 0 Å². The van der Waals surface area contributed by atoms with Crippen LogP contribution in [0.2, 0.25) is 0 Å². The molecule has 1 unspecified atom stereocenters. The molecule has 0 amide bonds. The average molecular weight is 551 g/mol. The summed E-state index contributed by atoms with van der Waals surface area (Å²) < 4.78 is 0. The number of aromatic nitrogens is 4. The van der Waals surface area contributed by atoms with Crippen molar-refractivity contribution in [2.45, 2.75) is 19.3 Å². The molecule has 0 aliphatic rings. The highest BCUT2D eigenvalue weighted by Gasteiger charge is 2.24. The number of carbonyl (C=O) groups is 1. The number of hydrogen-bond acceptors (Lipinski definition) is 1. The first-order chi connectivity index (χ1) is 20.6. The lowest BCUT2D eigenvalue weighted by Gasteiger charge is -2.11. The maximum absolute atomic E-state index is 11.8. The van der Waals surface area contributed by atoms with Crippen molar-refractivity contribution in [1.29, 1.82) is 0 Å². The number of nitrogens with one attached hydrogen (secondary N) is 4. The van der Waals surface area contributed by atoms with Crippen LogP contribution in [0, 0.1) is 0 Å². The van der Waals surface area contributed by atoms with Gasteiger partial charge in [0, 0.05) is 74.3 Å². The van der Waals surface area contributed by atoms with Crippen LogP contribution in [0.3, 0.4) is 0 Å². The molecule has 206 valence electrons. The van der Waals surface area contributed by atoms with Gasteiger partial charge in [0.2, 0.25) is 0 Å². The van der Waals surface area contributed by atoms with E-state index >= 15 is 0 Å². The maximum Gasteiger partial charge on any atom is 0.338 e. The molecule has 8 aromatic rings. The second kappa shape index (κ2) is 10.5. The molecular formula is C36H30N4O2. The first kappa shape index (κ1) is 25.5. The standard InChI is InChI=1S/C19H16N2O2.C17H14N2/c1-11(14-10-20-15-8-4-2-6-12(14)15)18-17(19(22)23)13-7-3-5-9-16(13)21-18;1-3-7-16-12(5-1)9-14(19-16)10-13-11-18-17-8-4-2-6-15(13)17/h2-11,20-21H,1H3,(H,22,23);1-9,11,18-19H,10H2. The van der Waals surface area contributed by atoms with Gasteiger partial charge in [-0.05, 0) is 46.8 Å². The second-order valence-corrected chi connectivity index (χ2v) is 10.7. The number of aromatic carboxylic acids is 1. The van der Waals surface area contributed by atoms with Crippen LogP contribution in [0.4, 0.5) is 0 Å². The van der Waals surface area contributed by atoms with E-state index in [0.717, 1.165) is 39.5 Å². The summed E-state index contributed by atoms with van der Waals surface area (Å²) in [5.74, 6) is -0.950. The van der Waals surface area contributed by atoms with Crippen molar-refractivity contribution in [1.82, 2.24) is 19.9 Å². The molecule has 0 aliphatic carbocycles. The predicted octanol–water partition coefficient (Wildman–Crippen LogP) is 8.74. The lowest BCUT2D eigenvalue weighted by atomic mass is 9.94. The fourth-order valence-corrected chi connectivity index (χ4v) is 6.04. The molecule has 4 aromatic heterocycles. The topological polar surface area (TPSA) is 100 Å². The molecule has 0 saturated heterocycles. The van der Waals surface area contributed by atoms with Crippen LogP contribution >= 0.6 is 0 Å². The lowest BCUT2D eigenvalue weighted by molar-refractivity contribution is 0.0697. The van der Waals surface area contributed by atoms with Gasteiger partial charge in [0.1, 0.15) is 0 Å². The van der Waals surface area contributed by atoms with Gasteiger partial charge in [0.05, 0.1) is 5.56 Å². The van der Waals surface area contributed by atoms with Gasteiger partial charge < -0.3 is 25.0 Å². The third-order valence-corrected chi connectivity index (χ3v) is 8.11. The van der Waals surface area contributed by atoms with E-state index in [-0.39, 0.29) is 5.92 Å². The van der Waals surface area contributed by atoms with Crippen molar-refractivity contribution in [3.63, 3.8) is 0 Å². The van der Waals surface area contributed by atoms with Crippen molar-refractivity contribution in [3.8, 4) is 0 Å². The second-order valence-electron chi connectivity index (χ2n) is 10.7. The van der Waals surface area contributed by atoms with Crippen LogP contribution in [0.5, 0.6) is 0 Å². The molecule has 6 heteroatoms. The van der Waals surface area contributed by atoms with E-state index in [1.165, 1.54) is 33.1 Å². The van der Waals surface area contributed by atoms with Crippen LogP contribution in [0.15, 0.2) is 116 Å². The van der Waals surface area contributed by atoms with Crippen LogP contribution in [-0.2, 0) is 6.42 Å². The van der Waals surface area contributed by atoms with Gasteiger partial charge in [-0.25, -0.2) is 4.79 Å². The first-order valence-electron chi connectivity index (χ1n) is 14.1. The summed E-state index contributed by atoms with van der Waals surface area (Å²) in [6.45, 7) is 2.03. The molecular weight excluding hydrogens is 520 g/mol. The molecule has 0 radical (unpaired) electrons. The number of carboxylic acids is 1. The highest BCUT2D eigenvalue weighted by atomic mass is 16.4. The van der Waals surface area contributed by atoms with Gasteiger partial charge >= 0.3 is 5.97 Å². The summed E-state index contributed by atoms with van der Waals surface area (Å²) in [6, 6.07) is 34.7. The molecule has 1 atom stereocenters. The fourth-order valence-electron chi connectivity index (χ4n) is 6.04. The molecule has 5 N–H and O–H groups in total. The van der Waals surface area contributed by atoms with Crippen LogP contribution < -0.4 is 0 Å². The third kappa shape index (κ3) is 4.53. The molecule has 6 nitrogen and oxygen atoms in total. The Morgan fingerprint density at radius 3 is 2.02 bits per heavy atom. The largest absolute Gasteiger partial charge is 0.478 e. The monoisotopic (exact) mass is 550 g/mol. The summed E-state index contributed by atoms with van der Waals surface area (Å²) in [7, 11) is 0. The molecule has 0 saturated carbocycles. The zero-order valence-electron chi connectivity index (χ0n) is 23.1. The van der Waals surface area contributed by atoms with Gasteiger partial charge in [-0.2, -0.15) is 0 Å². The Balaban J connectivity index is 0.000000139. The zero-order valence-corrected chi connectivity index (χ0v) is 23.1. The zero-order chi connectivity index (χ0) is 28.6. The number of carboxylic acid groups (broad SMARTS) is 1. The van der Waals surface area contributed by atoms with Crippen molar-refractivity contribution in [2.75, 3.05) is 0 Å². The minimum absolute atomic E-state index is 0.0513. The summed E-state index contributed by atoms with van der Waals surface area (Å²) in [4.78, 5) is 25.2. The van der Waals surface area contributed by atoms with Gasteiger partial charge in [0.25, 0.3) is 0 Å². The smallest absolute Gasteiger partial charge is 0.338 e. The number of rotatable bonds is 5. The predicted molar refractivity (Wildman–Crippen MR) is 170 cm³/mol. The highest BCUT2D eigenvalue weighted by Crippen LogP contribution is 2.35. The summed E-state index contributed by atoms with van der Waals surface area (Å²) >= 11 is 0. The average Bonchev–Trinajstić information content (AvgIpc) is 3.80. The Labute approximate surface area is 242 Å². The number of para-hydroxylation sites is 4. The van der Waals surface area contributed by atoms with E-state index in [4.69, 9.17) is 0 Å². The molecule has 0 fully saturated rings. The first-order valence-corrected chi connectivity index (χ1v) is 14.1. The number of benzene rings is 4. The van der Waals surface area contributed by atoms with E-state index in [0.29, 0.717) is 5.56 Å². The number of aromatic amines is 4. The van der Waals surface area contributed by atoms with E-state index in [2.05, 4.69) is 86.8 Å². The summed E-state index contributed by atoms with van der Waals surface area (Å²) in [6.07, 6.45) is 5.00. The van der Waals surface area contributed by atoms with E-state index in [1.54, 1.807) is 0 Å². The molecule has 0 bridgehead atoms. The SMILES string of the molecule is CC(c1[nH]c2ccccc2c1C(=O)O)c1c[nH]c2ccccc12.c1ccc2[nH]c(Cc3c[nH]c4ccccc34)cc2c1. The van der Waals surface area contributed by atoms with E-state index in [9.17, 15) is 9.90 Å². The Morgan fingerprint density at radius 1 is 0.690 bits per heavy atom. The Morgan fingerprint density at radius 2 is 1.29 bits per heavy atom. The van der Waals surface area contributed by atoms with Crippen LogP contribution in [0.1, 0.15) is 45.7 Å². The summed E-state index contributed by atoms with van der Waals surface area (Å²) in [5.41, 5.74) is 9.10. The molecule has 8 rings (SSSR count). The minimum Gasteiger partial charge on any atom is -0.478 e. The maximum atomic E-state index is 11.8. The molecule has 4 heterocycles. The van der Waals surface area contributed by atoms with Gasteiger partial charge in [-0.3, -0.25) is 0 Å². The minimum atomic E-state index is -0.899. The fraction of sp³-hybridized carbons (Fsp3) is 0.0833. The molecule has 0 spiro atoms. The van der Waals surface area contributed by atoms with Gasteiger partial charge in [-0.1, -0.05) is 79.7 Å². The number of fused-ring (bicyclic) bond motifs is 4. The van der Waals surface area contributed by atoms with Crippen molar-refractivity contribution in [2.24, 2.45) is 0 Å². The van der Waals surface area contributed by atoms with E-state index in [1.807, 2.05) is 55.6 Å². The number of hydrogen-bond donors (Lipinski definition) is 5. The van der Waals surface area contributed by atoms with Crippen molar-refractivity contribution in [3.05, 3.63) is 144 Å². The summed E-state index contributed by atoms with van der Waals surface area (Å²) in [5, 5.41) is 14.1. The van der Waals surface area contributed by atoms with Crippen molar-refractivity contribution < 1.29 is 9.90 Å². The molecule has 0 aliphatic heterocycles. The van der Waals surface area contributed by atoms with E-state index < -0.39 is 5.97 Å². The lowest BCUT2D eigenvalue weighted by Crippen LogP contribution is -2.05. The molecule has 42 heavy (non-hydrogen) atoms.